The molecule has 3 heterocycles. The van der Waals surface area contributed by atoms with E-state index in [9.17, 15) is 4.79 Å². The molecule has 0 saturated carbocycles. The van der Waals surface area contributed by atoms with E-state index in [2.05, 4.69) is 15.1 Å². The molecule has 1 aliphatic rings. The van der Waals surface area contributed by atoms with Crippen molar-refractivity contribution in [3.8, 4) is 5.13 Å². The van der Waals surface area contributed by atoms with Gasteiger partial charge in [0.2, 0.25) is 16.2 Å². The zero-order valence-corrected chi connectivity index (χ0v) is 14.5. The van der Waals surface area contributed by atoms with Gasteiger partial charge in [0, 0.05) is 38.6 Å². The van der Waals surface area contributed by atoms with E-state index in [0.717, 1.165) is 49.3 Å². The molecule has 23 heavy (non-hydrogen) atoms. The van der Waals surface area contributed by atoms with Crippen LogP contribution in [0.15, 0.2) is 24.5 Å². The Kier molecular flexibility index (Phi) is 4.95. The monoisotopic (exact) mass is 333 g/mol. The third kappa shape index (κ3) is 3.39. The Morgan fingerprint density at radius 1 is 1.26 bits per heavy atom. The molecule has 1 atom stereocenters. The van der Waals surface area contributed by atoms with Gasteiger partial charge in [-0.2, -0.15) is 0 Å². The molecule has 1 unspecified atom stereocenters. The van der Waals surface area contributed by atoms with Crippen LogP contribution in [0.4, 0.5) is 5.13 Å². The van der Waals surface area contributed by atoms with Gasteiger partial charge in [-0.1, -0.05) is 11.3 Å². The zero-order valence-electron chi connectivity index (χ0n) is 13.7. The number of carbonyl (C=O) groups excluding carboxylic acids is 1. The fourth-order valence-corrected chi connectivity index (χ4v) is 3.90. The maximum atomic E-state index is 12.6. The van der Waals surface area contributed by atoms with Crippen LogP contribution in [0.3, 0.4) is 0 Å². The Morgan fingerprint density at radius 3 is 2.65 bits per heavy atom. The van der Waals surface area contributed by atoms with Gasteiger partial charge >= 0.3 is 0 Å². The van der Waals surface area contributed by atoms with E-state index in [4.69, 9.17) is 0 Å². The van der Waals surface area contributed by atoms with Gasteiger partial charge < -0.3 is 9.80 Å². The summed E-state index contributed by atoms with van der Waals surface area (Å²) in [7, 11) is 0. The first-order chi connectivity index (χ1) is 11.2. The van der Waals surface area contributed by atoms with E-state index in [1.54, 1.807) is 11.3 Å². The summed E-state index contributed by atoms with van der Waals surface area (Å²) in [5, 5.41) is 10.4. The molecule has 0 radical (unpaired) electrons. The van der Waals surface area contributed by atoms with Crippen LogP contribution in [-0.4, -0.2) is 51.8 Å². The molecule has 1 saturated heterocycles. The molecule has 1 amide bonds. The highest BCUT2D eigenvalue weighted by atomic mass is 32.1. The molecule has 2 aromatic heterocycles. The van der Waals surface area contributed by atoms with Crippen molar-refractivity contribution in [3.05, 3.63) is 24.5 Å². The third-order valence-electron chi connectivity index (χ3n) is 4.35. The van der Waals surface area contributed by atoms with Crippen molar-refractivity contribution < 1.29 is 4.79 Å². The molecule has 7 heteroatoms. The van der Waals surface area contributed by atoms with Crippen LogP contribution in [0.2, 0.25) is 0 Å². The Morgan fingerprint density at radius 2 is 1.96 bits per heavy atom. The largest absolute Gasteiger partial charge is 0.346 e. The Labute approximate surface area is 140 Å². The minimum absolute atomic E-state index is 0.0718. The van der Waals surface area contributed by atoms with E-state index >= 15 is 0 Å². The lowest BCUT2D eigenvalue weighted by molar-refractivity contribution is -0.135. The summed E-state index contributed by atoms with van der Waals surface area (Å²) in [5.41, 5.74) is 0. The van der Waals surface area contributed by atoms with Crippen molar-refractivity contribution in [3.63, 3.8) is 0 Å². The molecule has 0 bridgehead atoms. The second kappa shape index (κ2) is 7.12. The van der Waals surface area contributed by atoms with Gasteiger partial charge in [-0.05, 0) is 38.8 Å². The summed E-state index contributed by atoms with van der Waals surface area (Å²) in [6, 6.07) is 3.95. The Bertz CT molecular complexity index is 635. The topological polar surface area (TPSA) is 54.3 Å². The minimum Gasteiger partial charge on any atom is -0.346 e. The van der Waals surface area contributed by atoms with Crippen molar-refractivity contribution in [2.24, 2.45) is 5.92 Å². The summed E-state index contributed by atoms with van der Waals surface area (Å²) in [4.78, 5) is 16.7. The number of rotatable bonds is 5. The van der Waals surface area contributed by atoms with Crippen LogP contribution in [0.25, 0.3) is 5.13 Å². The molecule has 1 aliphatic heterocycles. The molecule has 1 fully saturated rings. The molecule has 3 rings (SSSR count). The van der Waals surface area contributed by atoms with Crippen LogP contribution in [0, 0.1) is 5.92 Å². The van der Waals surface area contributed by atoms with Crippen molar-refractivity contribution in [1.82, 2.24) is 19.7 Å². The lowest BCUT2D eigenvalue weighted by Crippen LogP contribution is -2.44. The standard InChI is InChI=1S/C16H23N5OS/c1-3-19(4-2)14(22)13-8-7-11-21(12-13)16-18-17-15(23-16)20-9-5-6-10-20/h5-6,9-10,13H,3-4,7-8,11-12H2,1-2H3. The summed E-state index contributed by atoms with van der Waals surface area (Å²) in [5.74, 6) is 0.345. The predicted molar refractivity (Wildman–Crippen MR) is 92.1 cm³/mol. The Hall–Kier alpha value is -1.89. The minimum atomic E-state index is 0.0718. The average molecular weight is 333 g/mol. The fourth-order valence-electron chi connectivity index (χ4n) is 3.05. The first kappa shape index (κ1) is 16.0. The number of hydrogen-bond donors (Lipinski definition) is 0. The number of hydrogen-bond acceptors (Lipinski definition) is 5. The number of nitrogens with zero attached hydrogens (tertiary/aromatic N) is 5. The van der Waals surface area contributed by atoms with Gasteiger partial charge in [0.25, 0.3) is 0 Å². The third-order valence-corrected chi connectivity index (χ3v) is 5.34. The smallest absolute Gasteiger partial charge is 0.227 e. The highest BCUT2D eigenvalue weighted by Gasteiger charge is 2.29. The van der Waals surface area contributed by atoms with Crippen LogP contribution in [-0.2, 0) is 4.79 Å². The first-order valence-corrected chi connectivity index (χ1v) is 9.05. The van der Waals surface area contributed by atoms with Crippen molar-refractivity contribution in [1.29, 1.82) is 0 Å². The van der Waals surface area contributed by atoms with Crippen LogP contribution < -0.4 is 4.90 Å². The number of carbonyl (C=O) groups is 1. The number of anilines is 1. The van der Waals surface area contributed by atoms with Crippen molar-refractivity contribution in [2.75, 3.05) is 31.1 Å². The summed E-state index contributed by atoms with van der Waals surface area (Å²) in [6.07, 6.45) is 5.92. The number of aromatic nitrogens is 3. The van der Waals surface area contributed by atoms with Gasteiger partial charge in [-0.25, -0.2) is 0 Å². The van der Waals surface area contributed by atoms with Gasteiger partial charge in [0.1, 0.15) is 0 Å². The van der Waals surface area contributed by atoms with Gasteiger partial charge in [0.15, 0.2) is 0 Å². The zero-order chi connectivity index (χ0) is 16.2. The maximum Gasteiger partial charge on any atom is 0.227 e. The van der Waals surface area contributed by atoms with E-state index in [0.29, 0.717) is 0 Å². The SMILES string of the molecule is CCN(CC)C(=O)C1CCCN(c2nnc(-n3cccc3)s2)C1. The molecule has 0 spiro atoms. The van der Waals surface area contributed by atoms with E-state index in [1.165, 1.54) is 0 Å². The first-order valence-electron chi connectivity index (χ1n) is 8.23. The lowest BCUT2D eigenvalue weighted by Gasteiger charge is -2.34. The van der Waals surface area contributed by atoms with E-state index in [-0.39, 0.29) is 11.8 Å². The molecular formula is C16H23N5OS. The molecule has 6 nitrogen and oxygen atoms in total. The van der Waals surface area contributed by atoms with E-state index < -0.39 is 0 Å². The normalized spacial score (nSPS) is 18.2. The number of amides is 1. The Balaban J connectivity index is 1.70. The lowest BCUT2D eigenvalue weighted by atomic mass is 9.97. The number of piperidine rings is 1. The summed E-state index contributed by atoms with van der Waals surface area (Å²) in [6.45, 7) is 7.33. The van der Waals surface area contributed by atoms with E-state index in [1.807, 2.05) is 47.8 Å². The van der Waals surface area contributed by atoms with Crippen molar-refractivity contribution in [2.45, 2.75) is 26.7 Å². The highest BCUT2D eigenvalue weighted by Crippen LogP contribution is 2.28. The molecule has 0 aromatic carbocycles. The molecule has 0 aliphatic carbocycles. The van der Waals surface area contributed by atoms with Crippen LogP contribution in [0.1, 0.15) is 26.7 Å². The molecule has 0 N–H and O–H groups in total. The second-order valence-corrected chi connectivity index (χ2v) is 6.69. The fraction of sp³-hybridized carbons (Fsp3) is 0.562. The average Bonchev–Trinajstić information content (AvgIpc) is 3.27. The molecular weight excluding hydrogens is 310 g/mol. The second-order valence-electron chi connectivity index (χ2n) is 5.75. The van der Waals surface area contributed by atoms with Crippen LogP contribution in [0.5, 0.6) is 0 Å². The van der Waals surface area contributed by atoms with Gasteiger partial charge in [-0.15, -0.1) is 10.2 Å². The van der Waals surface area contributed by atoms with Crippen LogP contribution >= 0.6 is 11.3 Å². The highest BCUT2D eigenvalue weighted by molar-refractivity contribution is 7.17. The predicted octanol–water partition coefficient (Wildman–Crippen LogP) is 2.41. The van der Waals surface area contributed by atoms with Crippen molar-refractivity contribution >= 4 is 22.4 Å². The van der Waals surface area contributed by atoms with Gasteiger partial charge in [-0.3, -0.25) is 9.36 Å². The maximum absolute atomic E-state index is 12.6. The molecule has 124 valence electrons. The summed E-state index contributed by atoms with van der Waals surface area (Å²) >= 11 is 1.57. The summed E-state index contributed by atoms with van der Waals surface area (Å²) < 4.78 is 1.96. The van der Waals surface area contributed by atoms with Gasteiger partial charge in [0.05, 0.1) is 5.92 Å². The quantitative estimate of drug-likeness (QED) is 0.843. The molecule has 2 aromatic rings.